The third-order valence-electron chi connectivity index (χ3n) is 3.09. The van der Waals surface area contributed by atoms with Crippen molar-refractivity contribution in [2.45, 2.75) is 33.2 Å². The molecule has 108 valence electrons. The lowest BCUT2D eigenvalue weighted by molar-refractivity contribution is 0.414. The van der Waals surface area contributed by atoms with Crippen molar-refractivity contribution in [3.8, 4) is 5.75 Å². The van der Waals surface area contributed by atoms with Gasteiger partial charge < -0.3 is 10.1 Å². The predicted molar refractivity (Wildman–Crippen MR) is 86.2 cm³/mol. The molecule has 3 heteroatoms. The maximum Gasteiger partial charge on any atom is 0.118 e. The monoisotopic (exact) mass is 281 g/mol. The van der Waals surface area contributed by atoms with E-state index in [4.69, 9.17) is 4.74 Å². The molecule has 0 aliphatic heterocycles. The summed E-state index contributed by atoms with van der Waals surface area (Å²) in [6, 6.07) is 8.84. The van der Waals surface area contributed by atoms with E-state index in [1.54, 1.807) is 7.11 Å². The minimum absolute atomic E-state index is 0.438. The zero-order chi connectivity index (χ0) is 14.1. The van der Waals surface area contributed by atoms with Gasteiger partial charge in [-0.25, -0.2) is 0 Å². The molecule has 0 amide bonds. The molecule has 0 radical (unpaired) electrons. The number of thioether (sulfide) groups is 1. The van der Waals surface area contributed by atoms with Crippen LogP contribution < -0.4 is 10.1 Å². The van der Waals surface area contributed by atoms with Crippen molar-refractivity contribution in [2.24, 2.45) is 5.92 Å². The van der Waals surface area contributed by atoms with Gasteiger partial charge in [0, 0.05) is 11.8 Å². The zero-order valence-corrected chi connectivity index (χ0v) is 13.4. The Kier molecular flexibility index (Phi) is 7.99. The van der Waals surface area contributed by atoms with Crippen molar-refractivity contribution in [2.75, 3.05) is 25.2 Å². The van der Waals surface area contributed by atoms with E-state index in [-0.39, 0.29) is 0 Å². The average Bonchev–Trinajstić information content (AvgIpc) is 2.42. The third-order valence-corrected chi connectivity index (χ3v) is 4.19. The molecule has 19 heavy (non-hydrogen) atoms. The molecule has 0 heterocycles. The molecule has 0 saturated carbocycles. The summed E-state index contributed by atoms with van der Waals surface area (Å²) < 4.78 is 5.21. The van der Waals surface area contributed by atoms with Crippen LogP contribution in [0.2, 0.25) is 0 Å². The highest BCUT2D eigenvalue weighted by Crippen LogP contribution is 2.22. The first-order chi connectivity index (χ1) is 9.17. The molecule has 1 aromatic carbocycles. The lowest BCUT2D eigenvalue weighted by Gasteiger charge is -2.18. The van der Waals surface area contributed by atoms with E-state index >= 15 is 0 Å². The Balaban J connectivity index is 2.50. The maximum atomic E-state index is 5.21. The van der Waals surface area contributed by atoms with Crippen LogP contribution in [0.5, 0.6) is 5.75 Å². The fraction of sp³-hybridized carbons (Fsp3) is 0.625. The van der Waals surface area contributed by atoms with Gasteiger partial charge in [0.1, 0.15) is 5.75 Å². The van der Waals surface area contributed by atoms with Crippen molar-refractivity contribution >= 4 is 11.8 Å². The van der Waals surface area contributed by atoms with Crippen LogP contribution >= 0.6 is 11.8 Å². The molecule has 0 fully saturated rings. The van der Waals surface area contributed by atoms with Crippen molar-refractivity contribution in [1.82, 2.24) is 5.32 Å². The summed E-state index contributed by atoms with van der Waals surface area (Å²) in [4.78, 5) is 0. The Bertz CT molecular complexity index is 337. The Morgan fingerprint density at radius 1 is 1.21 bits per heavy atom. The van der Waals surface area contributed by atoms with Crippen LogP contribution in [0.25, 0.3) is 0 Å². The SMILES string of the molecule is CCNC(CSCCC(C)C)c1ccc(OC)cc1. The van der Waals surface area contributed by atoms with Gasteiger partial charge in [-0.1, -0.05) is 32.9 Å². The topological polar surface area (TPSA) is 21.3 Å². The highest BCUT2D eigenvalue weighted by atomic mass is 32.2. The Morgan fingerprint density at radius 3 is 2.42 bits per heavy atom. The molecule has 1 N–H and O–H groups in total. The van der Waals surface area contributed by atoms with E-state index < -0.39 is 0 Å². The van der Waals surface area contributed by atoms with E-state index in [0.29, 0.717) is 6.04 Å². The molecule has 0 aliphatic rings. The Morgan fingerprint density at radius 2 is 1.89 bits per heavy atom. The first-order valence-electron chi connectivity index (χ1n) is 7.12. The molecule has 1 aromatic rings. The van der Waals surface area contributed by atoms with Gasteiger partial charge in [-0.05, 0) is 42.3 Å². The molecule has 1 unspecified atom stereocenters. The van der Waals surface area contributed by atoms with Crippen LogP contribution in [0.3, 0.4) is 0 Å². The molecule has 0 saturated heterocycles. The summed E-state index contributed by atoms with van der Waals surface area (Å²) in [6.45, 7) is 7.73. The minimum atomic E-state index is 0.438. The van der Waals surface area contributed by atoms with Gasteiger partial charge in [0.25, 0.3) is 0 Å². The van der Waals surface area contributed by atoms with Crippen molar-refractivity contribution < 1.29 is 4.74 Å². The van der Waals surface area contributed by atoms with Crippen LogP contribution in [0.1, 0.15) is 38.8 Å². The summed E-state index contributed by atoms with van der Waals surface area (Å²) in [5, 5.41) is 3.56. The summed E-state index contributed by atoms with van der Waals surface area (Å²) in [6.07, 6.45) is 1.30. The number of methoxy groups -OCH3 is 1. The van der Waals surface area contributed by atoms with E-state index in [1.807, 2.05) is 23.9 Å². The predicted octanol–water partition coefficient (Wildman–Crippen LogP) is 4.13. The van der Waals surface area contributed by atoms with Gasteiger partial charge in [0.2, 0.25) is 0 Å². The first-order valence-corrected chi connectivity index (χ1v) is 8.27. The standard InChI is InChI=1S/C16H27NOS/c1-5-17-16(12-19-11-10-13(2)3)14-6-8-15(18-4)9-7-14/h6-9,13,16-17H,5,10-12H2,1-4H3. The highest BCUT2D eigenvalue weighted by Gasteiger charge is 2.10. The number of nitrogens with one attached hydrogen (secondary N) is 1. The fourth-order valence-electron chi connectivity index (χ4n) is 1.88. The number of ether oxygens (including phenoxy) is 1. The highest BCUT2D eigenvalue weighted by molar-refractivity contribution is 7.99. The van der Waals surface area contributed by atoms with Crippen LogP contribution in [0.4, 0.5) is 0 Å². The molecule has 2 nitrogen and oxygen atoms in total. The van der Waals surface area contributed by atoms with E-state index in [1.165, 1.54) is 17.7 Å². The van der Waals surface area contributed by atoms with Gasteiger partial charge in [-0.2, -0.15) is 11.8 Å². The van der Waals surface area contributed by atoms with Gasteiger partial charge >= 0.3 is 0 Å². The molecule has 0 spiro atoms. The van der Waals surface area contributed by atoms with Crippen LogP contribution in [-0.4, -0.2) is 25.2 Å². The summed E-state index contributed by atoms with van der Waals surface area (Å²) in [5.74, 6) is 4.10. The van der Waals surface area contributed by atoms with E-state index in [0.717, 1.165) is 24.0 Å². The van der Waals surface area contributed by atoms with Crippen molar-refractivity contribution in [3.05, 3.63) is 29.8 Å². The minimum Gasteiger partial charge on any atom is -0.497 e. The van der Waals surface area contributed by atoms with Crippen molar-refractivity contribution in [1.29, 1.82) is 0 Å². The molecular formula is C16H27NOS. The molecule has 0 aliphatic carbocycles. The largest absolute Gasteiger partial charge is 0.497 e. The number of benzene rings is 1. The second-order valence-electron chi connectivity index (χ2n) is 5.14. The zero-order valence-electron chi connectivity index (χ0n) is 12.6. The normalized spacial score (nSPS) is 12.7. The summed E-state index contributed by atoms with van der Waals surface area (Å²) in [5.41, 5.74) is 1.35. The Hall–Kier alpha value is -0.670. The lowest BCUT2D eigenvalue weighted by Crippen LogP contribution is -2.23. The average molecular weight is 281 g/mol. The summed E-state index contributed by atoms with van der Waals surface area (Å²) in [7, 11) is 1.71. The van der Waals surface area contributed by atoms with Crippen molar-refractivity contribution in [3.63, 3.8) is 0 Å². The second-order valence-corrected chi connectivity index (χ2v) is 6.29. The molecule has 1 rings (SSSR count). The lowest BCUT2D eigenvalue weighted by atomic mass is 10.1. The van der Waals surface area contributed by atoms with Crippen LogP contribution in [-0.2, 0) is 0 Å². The van der Waals surface area contributed by atoms with Gasteiger partial charge in [-0.3, -0.25) is 0 Å². The van der Waals surface area contributed by atoms with Gasteiger partial charge in [0.05, 0.1) is 7.11 Å². The third kappa shape index (κ3) is 6.35. The quantitative estimate of drug-likeness (QED) is 0.688. The van der Waals surface area contributed by atoms with E-state index in [9.17, 15) is 0 Å². The molecule has 0 bridgehead atoms. The molecule has 0 aromatic heterocycles. The first kappa shape index (κ1) is 16.4. The summed E-state index contributed by atoms with van der Waals surface area (Å²) >= 11 is 2.04. The van der Waals surface area contributed by atoms with Gasteiger partial charge in [-0.15, -0.1) is 0 Å². The second kappa shape index (κ2) is 9.27. The fourth-order valence-corrected chi connectivity index (χ4v) is 3.23. The Labute approximate surface area is 122 Å². The van der Waals surface area contributed by atoms with Crippen LogP contribution in [0.15, 0.2) is 24.3 Å². The van der Waals surface area contributed by atoms with Crippen LogP contribution in [0, 0.1) is 5.92 Å². The smallest absolute Gasteiger partial charge is 0.118 e. The number of hydrogen-bond acceptors (Lipinski definition) is 3. The molecular weight excluding hydrogens is 254 g/mol. The van der Waals surface area contributed by atoms with E-state index in [2.05, 4.69) is 38.2 Å². The van der Waals surface area contributed by atoms with Gasteiger partial charge in [0.15, 0.2) is 0 Å². The molecule has 1 atom stereocenters. The number of rotatable bonds is 9. The number of hydrogen-bond donors (Lipinski definition) is 1. The maximum absolute atomic E-state index is 5.21.